The maximum absolute atomic E-state index is 3.65. The van der Waals surface area contributed by atoms with Crippen molar-refractivity contribution in [2.24, 2.45) is 11.8 Å². The summed E-state index contributed by atoms with van der Waals surface area (Å²) in [6.07, 6.45) is 1.41. The Bertz CT molecular complexity index is 385. The van der Waals surface area contributed by atoms with Crippen LogP contribution in [0, 0.1) is 11.8 Å². The quantitative estimate of drug-likeness (QED) is 0.834. The van der Waals surface area contributed by atoms with E-state index >= 15 is 0 Å². The van der Waals surface area contributed by atoms with Gasteiger partial charge in [0.2, 0.25) is 0 Å². The zero-order valence-corrected chi connectivity index (χ0v) is 12.5. The Hall–Kier alpha value is -0.820. The van der Waals surface area contributed by atoms with Crippen molar-refractivity contribution < 1.29 is 0 Å². The lowest BCUT2D eigenvalue weighted by molar-refractivity contribution is 0.534. The minimum atomic E-state index is 0.249. The van der Waals surface area contributed by atoms with Crippen LogP contribution in [0.25, 0.3) is 0 Å². The molecule has 0 radical (unpaired) electrons. The van der Waals surface area contributed by atoms with Gasteiger partial charge in [0, 0.05) is 6.04 Å². The average molecular weight is 245 g/mol. The molecule has 1 nitrogen and oxygen atoms in total. The lowest BCUT2D eigenvalue weighted by Crippen LogP contribution is -2.21. The van der Waals surface area contributed by atoms with Crippen molar-refractivity contribution in [3.63, 3.8) is 0 Å². The van der Waals surface area contributed by atoms with Crippen molar-refractivity contribution in [3.05, 3.63) is 35.4 Å². The molecule has 1 aliphatic rings. The molecule has 0 bridgehead atoms. The minimum Gasteiger partial charge on any atom is -0.310 e. The molecule has 1 N–H and O–H groups in total. The topological polar surface area (TPSA) is 12.0 Å². The summed E-state index contributed by atoms with van der Waals surface area (Å²) in [7, 11) is 0. The minimum absolute atomic E-state index is 0.249. The van der Waals surface area contributed by atoms with Crippen LogP contribution in [-0.2, 0) is 5.41 Å². The summed E-state index contributed by atoms with van der Waals surface area (Å²) in [6.45, 7) is 12.6. The zero-order valence-electron chi connectivity index (χ0n) is 12.5. The van der Waals surface area contributed by atoms with Gasteiger partial charge in [-0.1, -0.05) is 52.0 Å². The Morgan fingerprint density at radius 3 is 2.22 bits per heavy atom. The summed E-state index contributed by atoms with van der Waals surface area (Å²) in [4.78, 5) is 0. The third-order valence-electron chi connectivity index (χ3n) is 4.24. The highest BCUT2D eigenvalue weighted by atomic mass is 14.9. The molecule has 3 unspecified atom stereocenters. The molecule has 1 aromatic rings. The van der Waals surface area contributed by atoms with Gasteiger partial charge in [0.1, 0.15) is 0 Å². The predicted octanol–water partition coefficient (Wildman–Crippen LogP) is 4.29. The molecule has 100 valence electrons. The lowest BCUT2D eigenvalue weighted by Gasteiger charge is -2.20. The van der Waals surface area contributed by atoms with Crippen LogP contribution in [0.3, 0.4) is 0 Å². The van der Waals surface area contributed by atoms with Crippen molar-refractivity contribution >= 4 is 0 Å². The number of rotatable bonds is 4. The van der Waals surface area contributed by atoms with E-state index in [1.807, 2.05) is 0 Å². The van der Waals surface area contributed by atoms with Gasteiger partial charge in [-0.2, -0.15) is 0 Å². The standard InChI is InChI=1S/C17H27N/c1-12-10-15(12)11-18-13(2)14-6-8-16(9-7-14)17(3,4)5/h6-9,12-13,15,18H,10-11H2,1-5H3. The molecule has 1 saturated carbocycles. The van der Waals surface area contributed by atoms with Crippen LogP contribution < -0.4 is 5.32 Å². The first-order valence-electron chi connectivity index (χ1n) is 7.22. The van der Waals surface area contributed by atoms with E-state index in [1.165, 1.54) is 24.1 Å². The Morgan fingerprint density at radius 2 is 1.78 bits per heavy atom. The van der Waals surface area contributed by atoms with E-state index in [4.69, 9.17) is 0 Å². The van der Waals surface area contributed by atoms with Crippen molar-refractivity contribution in [1.29, 1.82) is 0 Å². The molecule has 0 spiro atoms. The second-order valence-corrected chi connectivity index (χ2v) is 6.98. The summed E-state index contributed by atoms with van der Waals surface area (Å²) >= 11 is 0. The average Bonchev–Trinajstić information content (AvgIpc) is 3.01. The van der Waals surface area contributed by atoms with E-state index in [0.29, 0.717) is 6.04 Å². The first-order valence-corrected chi connectivity index (χ1v) is 7.22. The molecule has 18 heavy (non-hydrogen) atoms. The number of hydrogen-bond acceptors (Lipinski definition) is 1. The zero-order chi connectivity index (χ0) is 13.3. The molecule has 0 saturated heterocycles. The van der Waals surface area contributed by atoms with Gasteiger partial charge in [-0.15, -0.1) is 0 Å². The van der Waals surface area contributed by atoms with Crippen LogP contribution >= 0.6 is 0 Å². The van der Waals surface area contributed by atoms with E-state index in [1.54, 1.807) is 0 Å². The van der Waals surface area contributed by atoms with Crippen molar-refractivity contribution in [2.75, 3.05) is 6.54 Å². The molecule has 3 atom stereocenters. The fraction of sp³-hybridized carbons (Fsp3) is 0.647. The van der Waals surface area contributed by atoms with Gasteiger partial charge in [0.15, 0.2) is 0 Å². The summed E-state index contributed by atoms with van der Waals surface area (Å²) < 4.78 is 0. The van der Waals surface area contributed by atoms with Crippen LogP contribution in [-0.4, -0.2) is 6.54 Å². The summed E-state index contributed by atoms with van der Waals surface area (Å²) in [5, 5.41) is 3.65. The SMILES string of the molecule is CC(NCC1CC1C)c1ccc(C(C)(C)C)cc1. The van der Waals surface area contributed by atoms with Crippen LogP contribution in [0.4, 0.5) is 0 Å². The van der Waals surface area contributed by atoms with Gasteiger partial charge in [-0.3, -0.25) is 0 Å². The molecule has 1 aromatic carbocycles. The third kappa shape index (κ3) is 3.35. The number of hydrogen-bond donors (Lipinski definition) is 1. The fourth-order valence-electron chi connectivity index (χ4n) is 2.40. The largest absolute Gasteiger partial charge is 0.310 e. The lowest BCUT2D eigenvalue weighted by atomic mass is 9.86. The highest BCUT2D eigenvalue weighted by molar-refractivity contribution is 5.29. The molecule has 0 heterocycles. The second-order valence-electron chi connectivity index (χ2n) is 6.98. The van der Waals surface area contributed by atoms with Crippen molar-refractivity contribution in [3.8, 4) is 0 Å². The molecule has 0 amide bonds. The highest BCUT2D eigenvalue weighted by Crippen LogP contribution is 2.37. The summed E-state index contributed by atoms with van der Waals surface area (Å²) in [5.41, 5.74) is 3.06. The molecule has 1 aliphatic carbocycles. The third-order valence-corrected chi connectivity index (χ3v) is 4.24. The molecule has 2 rings (SSSR count). The maximum Gasteiger partial charge on any atom is 0.0291 e. The van der Waals surface area contributed by atoms with Crippen LogP contribution in [0.15, 0.2) is 24.3 Å². The highest BCUT2D eigenvalue weighted by Gasteiger charge is 2.32. The molecule has 1 fully saturated rings. The first kappa shape index (κ1) is 13.6. The first-order chi connectivity index (χ1) is 8.38. The monoisotopic (exact) mass is 245 g/mol. The van der Waals surface area contributed by atoms with Gasteiger partial charge < -0.3 is 5.32 Å². The number of benzene rings is 1. The van der Waals surface area contributed by atoms with E-state index in [0.717, 1.165) is 11.8 Å². The molecule has 0 aliphatic heterocycles. The van der Waals surface area contributed by atoms with Crippen molar-refractivity contribution in [2.45, 2.75) is 52.5 Å². The van der Waals surface area contributed by atoms with E-state index in [9.17, 15) is 0 Å². The van der Waals surface area contributed by atoms with Crippen molar-refractivity contribution in [1.82, 2.24) is 5.32 Å². The molecular formula is C17H27N. The van der Waals surface area contributed by atoms with Gasteiger partial charge in [-0.25, -0.2) is 0 Å². The Balaban J connectivity index is 1.92. The molecular weight excluding hydrogens is 218 g/mol. The van der Waals surface area contributed by atoms with E-state index < -0.39 is 0 Å². The summed E-state index contributed by atoms with van der Waals surface area (Å²) in [5.74, 6) is 1.86. The van der Waals surface area contributed by atoms with Gasteiger partial charge in [0.25, 0.3) is 0 Å². The van der Waals surface area contributed by atoms with Gasteiger partial charge >= 0.3 is 0 Å². The maximum atomic E-state index is 3.65. The predicted molar refractivity (Wildman–Crippen MR) is 78.8 cm³/mol. The smallest absolute Gasteiger partial charge is 0.0291 e. The van der Waals surface area contributed by atoms with Crippen LogP contribution in [0.5, 0.6) is 0 Å². The Morgan fingerprint density at radius 1 is 1.22 bits per heavy atom. The Kier molecular flexibility index (Phi) is 3.82. The van der Waals surface area contributed by atoms with Crippen LogP contribution in [0.2, 0.25) is 0 Å². The summed E-state index contributed by atoms with van der Waals surface area (Å²) in [6, 6.07) is 9.55. The number of nitrogens with one attached hydrogen (secondary N) is 1. The normalized spacial score (nSPS) is 24.9. The van der Waals surface area contributed by atoms with E-state index in [2.05, 4.69) is 64.2 Å². The van der Waals surface area contributed by atoms with Gasteiger partial charge in [0.05, 0.1) is 0 Å². The Labute approximate surface area is 112 Å². The second kappa shape index (κ2) is 5.05. The van der Waals surface area contributed by atoms with Crippen LogP contribution in [0.1, 0.15) is 58.2 Å². The fourth-order valence-corrected chi connectivity index (χ4v) is 2.40. The molecule has 1 heteroatoms. The van der Waals surface area contributed by atoms with Gasteiger partial charge in [-0.05, 0) is 48.3 Å². The molecule has 0 aromatic heterocycles. The van der Waals surface area contributed by atoms with E-state index in [-0.39, 0.29) is 5.41 Å².